The first-order valence-electron chi connectivity index (χ1n) is 7.57. The lowest BCUT2D eigenvalue weighted by Crippen LogP contribution is -2.49. The standard InChI is InChI=1S/C16H22FNO2/c1-2-11-6-3-4-9-18(11)15-12-7-5-8-13(17)16(12)20-10-14(15)19/h5,7-8,11,14-15,19H,2-4,6,9-10H2,1H3. The predicted molar refractivity (Wildman–Crippen MR) is 75.3 cm³/mol. The minimum Gasteiger partial charge on any atom is -0.487 e. The zero-order valence-electron chi connectivity index (χ0n) is 11.9. The average Bonchev–Trinajstić information content (AvgIpc) is 2.47. The number of halogens is 1. The molecule has 1 saturated heterocycles. The molecule has 1 aromatic carbocycles. The molecular formula is C16H22FNO2. The van der Waals surface area contributed by atoms with Gasteiger partial charge >= 0.3 is 0 Å². The lowest BCUT2D eigenvalue weighted by Gasteiger charge is -2.45. The van der Waals surface area contributed by atoms with Crippen LogP contribution in [0.2, 0.25) is 0 Å². The number of fused-ring (bicyclic) bond motifs is 1. The Labute approximate surface area is 119 Å². The Balaban J connectivity index is 1.98. The third-order valence-corrected chi connectivity index (χ3v) is 4.58. The number of aliphatic hydroxyl groups is 1. The number of likely N-dealkylation sites (tertiary alicyclic amines) is 1. The van der Waals surface area contributed by atoms with Crippen molar-refractivity contribution in [1.82, 2.24) is 4.90 Å². The number of ether oxygens (including phenoxy) is 1. The molecule has 1 N–H and O–H groups in total. The second kappa shape index (κ2) is 5.70. The van der Waals surface area contributed by atoms with Gasteiger partial charge in [0.15, 0.2) is 11.6 Å². The van der Waals surface area contributed by atoms with E-state index in [1.165, 1.54) is 12.5 Å². The molecule has 2 aliphatic rings. The SMILES string of the molecule is CCC1CCCCN1C1c2cccc(F)c2OCC1O. The quantitative estimate of drug-likeness (QED) is 0.903. The number of nitrogens with zero attached hydrogens (tertiary/aromatic N) is 1. The van der Waals surface area contributed by atoms with Gasteiger partial charge in [0.25, 0.3) is 0 Å². The number of hydrogen-bond donors (Lipinski definition) is 1. The fraction of sp³-hybridized carbons (Fsp3) is 0.625. The predicted octanol–water partition coefficient (Wildman–Crippen LogP) is 2.88. The number of hydrogen-bond acceptors (Lipinski definition) is 3. The van der Waals surface area contributed by atoms with Crippen LogP contribution in [0.4, 0.5) is 4.39 Å². The molecule has 0 aliphatic carbocycles. The Bertz CT molecular complexity index is 480. The number of aliphatic hydroxyl groups excluding tert-OH is 1. The normalized spacial score (nSPS) is 30.6. The smallest absolute Gasteiger partial charge is 0.165 e. The van der Waals surface area contributed by atoms with Gasteiger partial charge < -0.3 is 9.84 Å². The van der Waals surface area contributed by atoms with E-state index < -0.39 is 6.10 Å². The van der Waals surface area contributed by atoms with Gasteiger partial charge in [0, 0.05) is 11.6 Å². The summed E-state index contributed by atoms with van der Waals surface area (Å²) in [5, 5.41) is 10.4. The van der Waals surface area contributed by atoms with E-state index in [1.807, 2.05) is 6.07 Å². The Morgan fingerprint density at radius 1 is 1.40 bits per heavy atom. The van der Waals surface area contributed by atoms with Gasteiger partial charge in [0.05, 0.1) is 6.04 Å². The lowest BCUT2D eigenvalue weighted by molar-refractivity contribution is -0.0302. The fourth-order valence-electron chi connectivity index (χ4n) is 3.61. The van der Waals surface area contributed by atoms with Crippen LogP contribution in [0.25, 0.3) is 0 Å². The van der Waals surface area contributed by atoms with E-state index >= 15 is 0 Å². The van der Waals surface area contributed by atoms with Gasteiger partial charge in [-0.25, -0.2) is 4.39 Å². The Morgan fingerprint density at radius 2 is 2.25 bits per heavy atom. The molecule has 20 heavy (non-hydrogen) atoms. The third kappa shape index (κ3) is 2.31. The molecule has 0 aromatic heterocycles. The van der Waals surface area contributed by atoms with Crippen molar-refractivity contribution in [2.45, 2.75) is 50.8 Å². The molecule has 4 heteroatoms. The second-order valence-electron chi connectivity index (χ2n) is 5.78. The summed E-state index contributed by atoms with van der Waals surface area (Å²) in [6.45, 7) is 3.32. The minimum absolute atomic E-state index is 0.139. The van der Waals surface area contributed by atoms with Crippen LogP contribution < -0.4 is 4.74 Å². The highest BCUT2D eigenvalue weighted by Crippen LogP contribution is 2.40. The van der Waals surface area contributed by atoms with Crippen molar-refractivity contribution in [2.24, 2.45) is 0 Å². The van der Waals surface area contributed by atoms with E-state index in [0.29, 0.717) is 11.8 Å². The Kier molecular flexibility index (Phi) is 3.94. The summed E-state index contributed by atoms with van der Waals surface area (Å²) in [5.41, 5.74) is 0.795. The highest BCUT2D eigenvalue weighted by molar-refractivity contribution is 5.40. The fourth-order valence-corrected chi connectivity index (χ4v) is 3.61. The van der Waals surface area contributed by atoms with Crippen LogP contribution in [0.1, 0.15) is 44.2 Å². The summed E-state index contributed by atoms with van der Waals surface area (Å²) >= 11 is 0. The first kappa shape index (κ1) is 13.8. The zero-order valence-corrected chi connectivity index (χ0v) is 11.9. The first-order chi connectivity index (χ1) is 9.72. The van der Waals surface area contributed by atoms with Crippen LogP contribution in [0.3, 0.4) is 0 Å². The van der Waals surface area contributed by atoms with Gasteiger partial charge in [0.2, 0.25) is 0 Å². The molecule has 1 aromatic rings. The van der Waals surface area contributed by atoms with Crippen molar-refractivity contribution >= 4 is 0 Å². The van der Waals surface area contributed by atoms with Gasteiger partial charge in [-0.05, 0) is 31.9 Å². The van der Waals surface area contributed by atoms with Crippen molar-refractivity contribution < 1.29 is 14.2 Å². The molecule has 2 heterocycles. The number of piperidine rings is 1. The molecule has 0 amide bonds. The molecule has 3 atom stereocenters. The van der Waals surface area contributed by atoms with Crippen LogP contribution in [0.5, 0.6) is 5.75 Å². The van der Waals surface area contributed by atoms with E-state index in [4.69, 9.17) is 4.74 Å². The first-order valence-corrected chi connectivity index (χ1v) is 7.57. The van der Waals surface area contributed by atoms with E-state index in [1.54, 1.807) is 6.07 Å². The molecule has 110 valence electrons. The highest BCUT2D eigenvalue weighted by atomic mass is 19.1. The van der Waals surface area contributed by atoms with Crippen molar-refractivity contribution in [3.8, 4) is 5.75 Å². The second-order valence-corrected chi connectivity index (χ2v) is 5.78. The van der Waals surface area contributed by atoms with Gasteiger partial charge in [-0.15, -0.1) is 0 Å². The molecule has 2 aliphatic heterocycles. The van der Waals surface area contributed by atoms with E-state index in [2.05, 4.69) is 11.8 Å². The Hall–Kier alpha value is -1.13. The van der Waals surface area contributed by atoms with Crippen LogP contribution in [0.15, 0.2) is 18.2 Å². The lowest BCUT2D eigenvalue weighted by atomic mass is 9.90. The van der Waals surface area contributed by atoms with Crippen LogP contribution in [-0.4, -0.2) is 35.3 Å². The van der Waals surface area contributed by atoms with Crippen molar-refractivity contribution in [3.63, 3.8) is 0 Å². The number of benzene rings is 1. The molecule has 0 saturated carbocycles. The van der Waals surface area contributed by atoms with Crippen molar-refractivity contribution in [1.29, 1.82) is 0 Å². The summed E-state index contributed by atoms with van der Waals surface area (Å²) in [4.78, 5) is 2.36. The summed E-state index contributed by atoms with van der Waals surface area (Å²) < 4.78 is 19.3. The van der Waals surface area contributed by atoms with Crippen LogP contribution >= 0.6 is 0 Å². The van der Waals surface area contributed by atoms with Crippen molar-refractivity contribution in [3.05, 3.63) is 29.6 Å². The van der Waals surface area contributed by atoms with E-state index in [9.17, 15) is 9.50 Å². The Morgan fingerprint density at radius 3 is 3.05 bits per heavy atom. The topological polar surface area (TPSA) is 32.7 Å². The van der Waals surface area contributed by atoms with E-state index in [0.717, 1.165) is 31.4 Å². The molecule has 0 radical (unpaired) electrons. The molecule has 0 spiro atoms. The summed E-state index contributed by atoms with van der Waals surface area (Å²) in [6.07, 6.45) is 4.02. The summed E-state index contributed by atoms with van der Waals surface area (Å²) in [5.74, 6) is -0.00677. The van der Waals surface area contributed by atoms with Gasteiger partial charge in [0.1, 0.15) is 12.7 Å². The van der Waals surface area contributed by atoms with Gasteiger partial charge in [-0.2, -0.15) is 0 Å². The molecule has 3 nitrogen and oxygen atoms in total. The molecule has 0 bridgehead atoms. The largest absolute Gasteiger partial charge is 0.487 e. The monoisotopic (exact) mass is 279 g/mol. The minimum atomic E-state index is -0.587. The zero-order chi connectivity index (χ0) is 14.1. The molecular weight excluding hydrogens is 257 g/mol. The summed E-state index contributed by atoms with van der Waals surface area (Å²) in [7, 11) is 0. The molecule has 1 fully saturated rings. The molecule has 3 unspecified atom stereocenters. The van der Waals surface area contributed by atoms with Crippen molar-refractivity contribution in [2.75, 3.05) is 13.2 Å². The maximum atomic E-state index is 13.9. The van der Waals surface area contributed by atoms with Crippen LogP contribution in [0, 0.1) is 5.82 Å². The maximum Gasteiger partial charge on any atom is 0.165 e. The summed E-state index contributed by atoms with van der Waals surface area (Å²) in [6, 6.07) is 5.33. The number of para-hydroxylation sites is 1. The van der Waals surface area contributed by atoms with Gasteiger partial charge in [-0.3, -0.25) is 4.90 Å². The third-order valence-electron chi connectivity index (χ3n) is 4.58. The highest BCUT2D eigenvalue weighted by Gasteiger charge is 2.38. The number of rotatable bonds is 2. The van der Waals surface area contributed by atoms with Gasteiger partial charge in [-0.1, -0.05) is 25.5 Å². The average molecular weight is 279 g/mol. The van der Waals surface area contributed by atoms with E-state index in [-0.39, 0.29) is 18.5 Å². The molecule has 3 rings (SSSR count). The van der Waals surface area contributed by atoms with Crippen LogP contribution in [-0.2, 0) is 0 Å². The maximum absolute atomic E-state index is 13.9.